The summed E-state index contributed by atoms with van der Waals surface area (Å²) in [5.41, 5.74) is 0.701. The number of nitrogens with zero attached hydrogens (tertiary/aromatic N) is 1. The SMILES string of the molecule is CNCC(=O)NCCC(=O)Nc1ccncc1.Cl. The van der Waals surface area contributed by atoms with Gasteiger partial charge >= 0.3 is 0 Å². The van der Waals surface area contributed by atoms with Gasteiger partial charge in [0.1, 0.15) is 0 Å². The van der Waals surface area contributed by atoms with Crippen molar-refractivity contribution >= 4 is 29.9 Å². The van der Waals surface area contributed by atoms with E-state index in [1.807, 2.05) is 0 Å². The van der Waals surface area contributed by atoms with Gasteiger partial charge in [-0.3, -0.25) is 14.6 Å². The second-order valence-corrected chi connectivity index (χ2v) is 3.41. The lowest BCUT2D eigenvalue weighted by Crippen LogP contribution is -2.34. The summed E-state index contributed by atoms with van der Waals surface area (Å²) in [5, 5.41) is 8.05. The van der Waals surface area contributed by atoms with Gasteiger partial charge in [-0.05, 0) is 19.2 Å². The van der Waals surface area contributed by atoms with Crippen LogP contribution in [0.1, 0.15) is 6.42 Å². The number of nitrogens with one attached hydrogen (secondary N) is 3. The Hall–Kier alpha value is -1.66. The van der Waals surface area contributed by atoms with Crippen molar-refractivity contribution in [2.75, 3.05) is 25.5 Å². The molecule has 1 rings (SSSR count). The van der Waals surface area contributed by atoms with Gasteiger partial charge in [-0.1, -0.05) is 0 Å². The topological polar surface area (TPSA) is 83.1 Å². The predicted octanol–water partition coefficient (Wildman–Crippen LogP) is 0.168. The van der Waals surface area contributed by atoms with Gasteiger partial charge in [-0.15, -0.1) is 12.4 Å². The van der Waals surface area contributed by atoms with Gasteiger partial charge in [0.25, 0.3) is 0 Å². The molecule has 0 fully saturated rings. The molecular formula is C11H17ClN4O2. The van der Waals surface area contributed by atoms with Crippen LogP contribution in [0, 0.1) is 0 Å². The van der Waals surface area contributed by atoms with Crippen molar-refractivity contribution in [3.63, 3.8) is 0 Å². The van der Waals surface area contributed by atoms with Crippen molar-refractivity contribution in [1.82, 2.24) is 15.6 Å². The standard InChI is InChI=1S/C11H16N4O2.ClH/c1-12-8-11(17)14-7-4-10(16)15-9-2-5-13-6-3-9;/h2-3,5-6,12H,4,7-8H2,1H3,(H,14,17)(H,13,15,16);1H. The smallest absolute Gasteiger partial charge is 0.233 e. The minimum absolute atomic E-state index is 0. The number of halogens is 1. The fourth-order valence-corrected chi connectivity index (χ4v) is 1.20. The summed E-state index contributed by atoms with van der Waals surface area (Å²) in [6, 6.07) is 3.41. The lowest BCUT2D eigenvalue weighted by atomic mass is 10.3. The van der Waals surface area contributed by atoms with Crippen LogP contribution in [0.5, 0.6) is 0 Å². The van der Waals surface area contributed by atoms with Gasteiger partial charge in [0, 0.05) is 31.0 Å². The van der Waals surface area contributed by atoms with E-state index in [9.17, 15) is 9.59 Å². The molecule has 0 aliphatic heterocycles. The summed E-state index contributed by atoms with van der Waals surface area (Å²) in [5.74, 6) is -0.259. The van der Waals surface area contributed by atoms with Crippen LogP contribution in [0.25, 0.3) is 0 Å². The Morgan fingerprint density at radius 3 is 2.50 bits per heavy atom. The molecule has 1 aromatic rings. The number of carbonyl (C=O) groups is 2. The van der Waals surface area contributed by atoms with Gasteiger partial charge < -0.3 is 16.0 Å². The highest BCUT2D eigenvalue weighted by Crippen LogP contribution is 2.03. The first-order chi connectivity index (χ1) is 8.22. The summed E-state index contributed by atoms with van der Waals surface area (Å²) >= 11 is 0. The van der Waals surface area contributed by atoms with Crippen LogP contribution in [0.3, 0.4) is 0 Å². The molecule has 0 aliphatic carbocycles. The maximum Gasteiger partial charge on any atom is 0.233 e. The Bertz CT molecular complexity index is 373. The lowest BCUT2D eigenvalue weighted by molar-refractivity contribution is -0.120. The zero-order chi connectivity index (χ0) is 12.5. The molecule has 0 atom stereocenters. The molecule has 0 aromatic carbocycles. The Morgan fingerprint density at radius 1 is 1.22 bits per heavy atom. The molecule has 0 spiro atoms. The van der Waals surface area contributed by atoms with Crippen LogP contribution in [0.4, 0.5) is 5.69 Å². The molecule has 6 nitrogen and oxygen atoms in total. The number of carbonyl (C=O) groups excluding carboxylic acids is 2. The summed E-state index contributed by atoms with van der Waals surface area (Å²) < 4.78 is 0. The number of hydrogen-bond donors (Lipinski definition) is 3. The van der Waals surface area contributed by atoms with Crippen LogP contribution in [-0.4, -0.2) is 36.9 Å². The summed E-state index contributed by atoms with van der Waals surface area (Å²) in [4.78, 5) is 26.4. The molecule has 18 heavy (non-hydrogen) atoms. The van der Waals surface area contributed by atoms with Gasteiger partial charge in [-0.25, -0.2) is 0 Å². The van der Waals surface area contributed by atoms with Gasteiger partial charge in [0.05, 0.1) is 6.54 Å². The predicted molar refractivity (Wildman–Crippen MR) is 71.7 cm³/mol. The molecule has 100 valence electrons. The van der Waals surface area contributed by atoms with Crippen LogP contribution in [0.2, 0.25) is 0 Å². The van der Waals surface area contributed by atoms with Gasteiger partial charge in [0.15, 0.2) is 0 Å². The number of hydrogen-bond acceptors (Lipinski definition) is 4. The molecule has 0 radical (unpaired) electrons. The molecule has 0 saturated carbocycles. The number of rotatable bonds is 6. The molecule has 3 N–H and O–H groups in total. The number of amides is 2. The molecule has 1 aromatic heterocycles. The van der Waals surface area contributed by atoms with E-state index in [0.717, 1.165) is 0 Å². The average molecular weight is 273 g/mol. The molecule has 7 heteroatoms. The first kappa shape index (κ1) is 16.3. The first-order valence-electron chi connectivity index (χ1n) is 5.33. The zero-order valence-electron chi connectivity index (χ0n) is 10.1. The Balaban J connectivity index is 0.00000289. The van der Waals surface area contributed by atoms with E-state index in [1.54, 1.807) is 31.6 Å². The summed E-state index contributed by atoms with van der Waals surface area (Å²) in [7, 11) is 1.69. The second-order valence-electron chi connectivity index (χ2n) is 3.41. The normalized spacial score (nSPS) is 9.17. The van der Waals surface area contributed by atoms with E-state index in [2.05, 4.69) is 20.9 Å². The fraction of sp³-hybridized carbons (Fsp3) is 0.364. The van der Waals surface area contributed by atoms with Crippen molar-refractivity contribution in [3.8, 4) is 0 Å². The molecule has 0 saturated heterocycles. The van der Waals surface area contributed by atoms with E-state index in [0.29, 0.717) is 12.2 Å². The third kappa shape index (κ3) is 6.82. The second kappa shape index (κ2) is 9.38. The monoisotopic (exact) mass is 272 g/mol. The van der Waals surface area contributed by atoms with E-state index >= 15 is 0 Å². The van der Waals surface area contributed by atoms with Crippen molar-refractivity contribution in [3.05, 3.63) is 24.5 Å². The van der Waals surface area contributed by atoms with Crippen molar-refractivity contribution in [2.45, 2.75) is 6.42 Å². The zero-order valence-corrected chi connectivity index (χ0v) is 10.9. The molecule has 1 heterocycles. The Labute approximate surface area is 112 Å². The highest BCUT2D eigenvalue weighted by atomic mass is 35.5. The van der Waals surface area contributed by atoms with Crippen LogP contribution >= 0.6 is 12.4 Å². The Kier molecular flexibility index (Phi) is 8.51. The van der Waals surface area contributed by atoms with E-state index in [1.165, 1.54) is 0 Å². The van der Waals surface area contributed by atoms with E-state index in [4.69, 9.17) is 0 Å². The van der Waals surface area contributed by atoms with Gasteiger partial charge in [0.2, 0.25) is 11.8 Å². The van der Waals surface area contributed by atoms with Crippen LogP contribution in [0.15, 0.2) is 24.5 Å². The molecule has 0 bridgehead atoms. The number of pyridine rings is 1. The largest absolute Gasteiger partial charge is 0.354 e. The molecule has 2 amide bonds. The quantitative estimate of drug-likeness (QED) is 0.689. The molecule has 0 aliphatic rings. The third-order valence-electron chi connectivity index (χ3n) is 1.98. The van der Waals surface area contributed by atoms with E-state index in [-0.39, 0.29) is 37.2 Å². The van der Waals surface area contributed by atoms with Crippen LogP contribution in [-0.2, 0) is 9.59 Å². The first-order valence-corrected chi connectivity index (χ1v) is 5.33. The summed E-state index contributed by atoms with van der Waals surface area (Å²) in [6.07, 6.45) is 3.45. The maximum atomic E-state index is 11.5. The molecule has 0 unspecified atom stereocenters. The molecular weight excluding hydrogens is 256 g/mol. The minimum Gasteiger partial charge on any atom is -0.354 e. The average Bonchev–Trinajstić information content (AvgIpc) is 2.30. The lowest BCUT2D eigenvalue weighted by Gasteiger charge is -2.06. The highest BCUT2D eigenvalue weighted by Gasteiger charge is 2.03. The van der Waals surface area contributed by atoms with Crippen LogP contribution < -0.4 is 16.0 Å². The number of aromatic nitrogens is 1. The van der Waals surface area contributed by atoms with Crippen molar-refractivity contribution in [1.29, 1.82) is 0 Å². The number of anilines is 1. The fourth-order valence-electron chi connectivity index (χ4n) is 1.20. The third-order valence-corrected chi connectivity index (χ3v) is 1.98. The Morgan fingerprint density at radius 2 is 1.89 bits per heavy atom. The minimum atomic E-state index is -0.138. The maximum absolute atomic E-state index is 11.5. The van der Waals surface area contributed by atoms with Crippen molar-refractivity contribution < 1.29 is 9.59 Å². The van der Waals surface area contributed by atoms with E-state index < -0.39 is 0 Å². The van der Waals surface area contributed by atoms with Gasteiger partial charge in [-0.2, -0.15) is 0 Å². The summed E-state index contributed by atoms with van der Waals surface area (Å²) in [6.45, 7) is 0.587. The van der Waals surface area contributed by atoms with Crippen molar-refractivity contribution in [2.24, 2.45) is 0 Å². The highest BCUT2D eigenvalue weighted by molar-refractivity contribution is 5.91. The number of likely N-dealkylation sites (N-methyl/N-ethyl adjacent to an activating group) is 1.